The molecule has 1 unspecified atom stereocenters. The number of carbonyl (C=O) groups excluding carboxylic acids is 1. The lowest BCUT2D eigenvalue weighted by molar-refractivity contribution is -0.117. The average molecular weight is 306 g/mol. The minimum absolute atomic E-state index is 0.367. The maximum atomic E-state index is 11.6. The van der Waals surface area contributed by atoms with Crippen molar-refractivity contribution in [3.63, 3.8) is 0 Å². The normalized spacial score (nSPS) is 15.8. The van der Waals surface area contributed by atoms with E-state index in [1.165, 1.54) is 35.9 Å². The van der Waals surface area contributed by atoms with Crippen LogP contribution in [0.4, 0.5) is 5.13 Å². The molecule has 1 aliphatic rings. The number of carbonyl (C=O) groups is 1. The summed E-state index contributed by atoms with van der Waals surface area (Å²) in [6.45, 7) is 0. The highest BCUT2D eigenvalue weighted by Gasteiger charge is 2.24. The molecule has 1 fully saturated rings. The second kappa shape index (κ2) is 5.80. The van der Waals surface area contributed by atoms with Crippen molar-refractivity contribution in [1.29, 1.82) is 0 Å². The second-order valence-corrected chi connectivity index (χ2v) is 6.93. The molecule has 3 rings (SSSR count). The van der Waals surface area contributed by atoms with Crippen molar-refractivity contribution in [2.45, 2.75) is 28.5 Å². The molecule has 0 aliphatic heterocycles. The van der Waals surface area contributed by atoms with Crippen LogP contribution < -0.4 is 11.1 Å². The first-order valence-corrected chi connectivity index (χ1v) is 8.03. The van der Waals surface area contributed by atoms with Gasteiger partial charge in [-0.25, -0.2) is 0 Å². The summed E-state index contributed by atoms with van der Waals surface area (Å²) in [4.78, 5) is 11.6. The molecule has 1 saturated carbocycles. The van der Waals surface area contributed by atoms with Crippen molar-refractivity contribution >= 4 is 34.1 Å². The summed E-state index contributed by atoms with van der Waals surface area (Å²) in [5.74, 6) is -0.367. The van der Waals surface area contributed by atoms with Crippen LogP contribution in [-0.2, 0) is 4.79 Å². The Hall–Kier alpha value is -1.60. The van der Waals surface area contributed by atoms with Gasteiger partial charge in [0.2, 0.25) is 11.0 Å². The third kappa shape index (κ3) is 3.29. The van der Waals surface area contributed by atoms with Crippen LogP contribution in [0.3, 0.4) is 0 Å². The van der Waals surface area contributed by atoms with Crippen molar-refractivity contribution in [2.75, 3.05) is 5.32 Å². The molecule has 2 aromatic rings. The maximum absolute atomic E-state index is 11.6. The van der Waals surface area contributed by atoms with Crippen LogP contribution in [0.5, 0.6) is 0 Å². The number of thioether (sulfide) groups is 1. The highest BCUT2D eigenvalue weighted by atomic mass is 32.2. The number of anilines is 1. The largest absolute Gasteiger partial charge is 0.368 e. The summed E-state index contributed by atoms with van der Waals surface area (Å²) in [5.41, 5.74) is 6.38. The van der Waals surface area contributed by atoms with Crippen LogP contribution >= 0.6 is 23.1 Å². The van der Waals surface area contributed by atoms with E-state index in [9.17, 15) is 4.79 Å². The number of benzene rings is 1. The Bertz CT molecular complexity index is 597. The summed E-state index contributed by atoms with van der Waals surface area (Å²) < 4.78 is 0.751. The number of nitrogens with two attached hydrogens (primary N) is 1. The van der Waals surface area contributed by atoms with Gasteiger partial charge >= 0.3 is 0 Å². The fourth-order valence-corrected chi connectivity index (χ4v) is 3.71. The fourth-order valence-electron chi connectivity index (χ4n) is 1.74. The first kappa shape index (κ1) is 13.4. The number of primary amides is 1. The smallest absolute Gasteiger partial charge is 0.235 e. The van der Waals surface area contributed by atoms with E-state index < -0.39 is 5.25 Å². The molecule has 20 heavy (non-hydrogen) atoms. The SMILES string of the molecule is NC(=O)C(Sc1nnc(NC2CC2)s1)c1ccccc1. The minimum Gasteiger partial charge on any atom is -0.368 e. The molecular formula is C13H14N4OS2. The number of nitrogens with zero attached hydrogens (tertiary/aromatic N) is 2. The molecule has 1 aliphatic carbocycles. The van der Waals surface area contributed by atoms with Gasteiger partial charge in [0.05, 0.1) is 0 Å². The van der Waals surface area contributed by atoms with Gasteiger partial charge < -0.3 is 11.1 Å². The Balaban J connectivity index is 1.72. The molecule has 5 nitrogen and oxygen atoms in total. The van der Waals surface area contributed by atoms with E-state index in [0.29, 0.717) is 6.04 Å². The van der Waals surface area contributed by atoms with Gasteiger partial charge in [0, 0.05) is 6.04 Å². The highest BCUT2D eigenvalue weighted by molar-refractivity contribution is 8.01. The van der Waals surface area contributed by atoms with Crippen LogP contribution in [0, 0.1) is 0 Å². The Morgan fingerprint density at radius 2 is 2.10 bits per heavy atom. The van der Waals surface area contributed by atoms with Crippen molar-refractivity contribution in [3.8, 4) is 0 Å². The molecule has 1 aromatic heterocycles. The van der Waals surface area contributed by atoms with Crippen LogP contribution in [-0.4, -0.2) is 22.1 Å². The van der Waals surface area contributed by atoms with Gasteiger partial charge in [0.15, 0.2) is 4.34 Å². The zero-order valence-corrected chi connectivity index (χ0v) is 12.3. The molecule has 0 saturated heterocycles. The molecule has 0 radical (unpaired) electrons. The van der Waals surface area contributed by atoms with Crippen LogP contribution in [0.1, 0.15) is 23.7 Å². The van der Waals surface area contributed by atoms with E-state index in [4.69, 9.17) is 5.73 Å². The quantitative estimate of drug-likeness (QED) is 0.801. The van der Waals surface area contributed by atoms with Gasteiger partial charge in [-0.1, -0.05) is 53.4 Å². The Morgan fingerprint density at radius 1 is 1.35 bits per heavy atom. The fraction of sp³-hybridized carbons (Fsp3) is 0.308. The van der Waals surface area contributed by atoms with E-state index >= 15 is 0 Å². The maximum Gasteiger partial charge on any atom is 0.235 e. The lowest BCUT2D eigenvalue weighted by Gasteiger charge is -2.10. The number of rotatable bonds is 6. The minimum atomic E-state index is -0.432. The topological polar surface area (TPSA) is 80.9 Å². The van der Waals surface area contributed by atoms with Crippen molar-refractivity contribution in [1.82, 2.24) is 10.2 Å². The number of amides is 1. The number of hydrogen-bond acceptors (Lipinski definition) is 6. The predicted molar refractivity (Wildman–Crippen MR) is 80.8 cm³/mol. The zero-order chi connectivity index (χ0) is 13.9. The number of aromatic nitrogens is 2. The number of hydrogen-bond donors (Lipinski definition) is 2. The Labute approximate surface area is 125 Å². The Kier molecular flexibility index (Phi) is 3.88. The first-order valence-electron chi connectivity index (χ1n) is 6.33. The zero-order valence-electron chi connectivity index (χ0n) is 10.7. The lowest BCUT2D eigenvalue weighted by Crippen LogP contribution is -2.18. The van der Waals surface area contributed by atoms with E-state index in [1.54, 1.807) is 0 Å². The van der Waals surface area contributed by atoms with E-state index in [0.717, 1.165) is 15.0 Å². The molecule has 0 bridgehead atoms. The van der Waals surface area contributed by atoms with E-state index in [1.807, 2.05) is 30.3 Å². The predicted octanol–water partition coefficient (Wildman–Crippen LogP) is 2.43. The van der Waals surface area contributed by atoms with Gasteiger partial charge in [-0.05, 0) is 18.4 Å². The molecule has 0 spiro atoms. The third-order valence-electron chi connectivity index (χ3n) is 2.89. The van der Waals surface area contributed by atoms with Crippen molar-refractivity contribution < 1.29 is 4.79 Å². The monoisotopic (exact) mass is 306 g/mol. The van der Waals surface area contributed by atoms with Gasteiger partial charge in [-0.2, -0.15) is 0 Å². The molecule has 1 heterocycles. The molecule has 1 atom stereocenters. The van der Waals surface area contributed by atoms with Crippen molar-refractivity contribution in [2.24, 2.45) is 5.73 Å². The molecule has 1 amide bonds. The standard InChI is InChI=1S/C13H14N4OS2/c14-11(18)10(8-4-2-1-3-5-8)19-13-17-16-12(20-13)15-9-6-7-9/h1-5,9-10H,6-7H2,(H2,14,18)(H,15,16). The summed E-state index contributed by atoms with van der Waals surface area (Å²) in [6.07, 6.45) is 2.38. The summed E-state index contributed by atoms with van der Waals surface area (Å²) in [6, 6.07) is 10.0. The lowest BCUT2D eigenvalue weighted by atomic mass is 10.1. The van der Waals surface area contributed by atoms with E-state index in [2.05, 4.69) is 15.5 Å². The number of nitrogens with one attached hydrogen (secondary N) is 1. The van der Waals surface area contributed by atoms with E-state index in [-0.39, 0.29) is 5.91 Å². The van der Waals surface area contributed by atoms with Crippen LogP contribution in [0.15, 0.2) is 34.7 Å². The molecule has 1 aromatic carbocycles. The Morgan fingerprint density at radius 3 is 2.75 bits per heavy atom. The summed E-state index contributed by atoms with van der Waals surface area (Å²) >= 11 is 2.81. The molecule has 7 heteroatoms. The summed E-state index contributed by atoms with van der Waals surface area (Å²) in [7, 11) is 0. The second-order valence-electron chi connectivity index (χ2n) is 4.60. The van der Waals surface area contributed by atoms with Crippen LogP contribution in [0.25, 0.3) is 0 Å². The average Bonchev–Trinajstić information content (AvgIpc) is 3.14. The van der Waals surface area contributed by atoms with Gasteiger partial charge in [0.1, 0.15) is 5.25 Å². The van der Waals surface area contributed by atoms with Gasteiger partial charge in [-0.3, -0.25) is 4.79 Å². The van der Waals surface area contributed by atoms with Gasteiger partial charge in [0.25, 0.3) is 0 Å². The first-order chi connectivity index (χ1) is 9.72. The highest BCUT2D eigenvalue weighted by Crippen LogP contribution is 2.38. The summed E-state index contributed by atoms with van der Waals surface area (Å²) in [5, 5.41) is 11.9. The third-order valence-corrected chi connectivity index (χ3v) is 5.10. The van der Waals surface area contributed by atoms with Crippen LogP contribution in [0.2, 0.25) is 0 Å². The molecule has 104 valence electrons. The van der Waals surface area contributed by atoms with Gasteiger partial charge in [-0.15, -0.1) is 10.2 Å². The van der Waals surface area contributed by atoms with Crippen molar-refractivity contribution in [3.05, 3.63) is 35.9 Å². The molecular weight excluding hydrogens is 292 g/mol. The molecule has 3 N–H and O–H groups in total.